The minimum atomic E-state index is 0.758. The van der Waals surface area contributed by atoms with Crippen LogP contribution in [0.4, 0.5) is 11.4 Å². The van der Waals surface area contributed by atoms with Crippen LogP contribution in [-0.2, 0) is 0 Å². The molecule has 17 heavy (non-hydrogen) atoms. The Kier molecular flexibility index (Phi) is 4.62. The van der Waals surface area contributed by atoms with Gasteiger partial charge in [0.15, 0.2) is 0 Å². The zero-order valence-electron chi connectivity index (χ0n) is 10.1. The fourth-order valence-electron chi connectivity index (χ4n) is 2.02. The van der Waals surface area contributed by atoms with Crippen LogP contribution in [0.15, 0.2) is 16.6 Å². The second kappa shape index (κ2) is 6.01. The van der Waals surface area contributed by atoms with E-state index in [1.54, 1.807) is 0 Å². The maximum Gasteiger partial charge on any atom is 0.0489 e. The molecule has 1 atom stereocenters. The number of nitrogens with two attached hydrogens (primary N) is 1. The molecule has 2 rings (SSSR count). The molecule has 94 valence electrons. The summed E-state index contributed by atoms with van der Waals surface area (Å²) in [5, 5.41) is 4.29. The summed E-state index contributed by atoms with van der Waals surface area (Å²) in [6, 6.07) is 4.10. The van der Waals surface area contributed by atoms with Gasteiger partial charge in [0.1, 0.15) is 0 Å². The van der Waals surface area contributed by atoms with Gasteiger partial charge in [0.25, 0.3) is 0 Å². The number of hydrogen-bond acceptors (Lipinski definition) is 3. The summed E-state index contributed by atoms with van der Waals surface area (Å²) >= 11 is 5.65. The predicted octanol–water partition coefficient (Wildman–Crippen LogP) is 4.04. The third kappa shape index (κ3) is 3.55. The van der Waals surface area contributed by atoms with Crippen LogP contribution in [0.2, 0.25) is 0 Å². The van der Waals surface area contributed by atoms with Gasteiger partial charge in [0.2, 0.25) is 0 Å². The van der Waals surface area contributed by atoms with Gasteiger partial charge >= 0.3 is 0 Å². The van der Waals surface area contributed by atoms with Gasteiger partial charge in [-0.25, -0.2) is 0 Å². The molecule has 1 aromatic carbocycles. The second-order valence-corrected chi connectivity index (χ2v) is 6.82. The Morgan fingerprint density at radius 3 is 3.00 bits per heavy atom. The highest BCUT2D eigenvalue weighted by atomic mass is 79.9. The Bertz CT molecular complexity index is 389. The molecule has 0 radical (unpaired) electrons. The largest absolute Gasteiger partial charge is 0.398 e. The number of aryl methyl sites for hydroxylation is 1. The molecule has 0 saturated carbocycles. The number of hydrogen-bond donors (Lipinski definition) is 2. The standard InChI is InChI=1S/C13H19BrN2S/c1-9-6-13(11(14)7-12(9)15)16-8-10-4-2-3-5-17-10/h6-7,10,16H,2-5,8,15H2,1H3. The van der Waals surface area contributed by atoms with Crippen molar-refractivity contribution in [2.45, 2.75) is 31.4 Å². The van der Waals surface area contributed by atoms with Crippen molar-refractivity contribution in [2.24, 2.45) is 0 Å². The van der Waals surface area contributed by atoms with Crippen LogP contribution in [0.5, 0.6) is 0 Å². The van der Waals surface area contributed by atoms with Gasteiger partial charge in [-0.1, -0.05) is 6.42 Å². The van der Waals surface area contributed by atoms with Gasteiger partial charge < -0.3 is 11.1 Å². The first kappa shape index (κ1) is 13.1. The highest BCUT2D eigenvalue weighted by Gasteiger charge is 2.14. The van der Waals surface area contributed by atoms with Crippen LogP contribution < -0.4 is 11.1 Å². The van der Waals surface area contributed by atoms with E-state index < -0.39 is 0 Å². The number of halogens is 1. The molecule has 1 aliphatic rings. The predicted molar refractivity (Wildman–Crippen MR) is 81.9 cm³/mol. The molecule has 0 spiro atoms. The molecule has 1 aliphatic heterocycles. The quantitative estimate of drug-likeness (QED) is 0.827. The van der Waals surface area contributed by atoms with Crippen molar-refractivity contribution < 1.29 is 0 Å². The van der Waals surface area contributed by atoms with Crippen molar-refractivity contribution in [1.82, 2.24) is 0 Å². The van der Waals surface area contributed by atoms with Gasteiger partial charge in [0, 0.05) is 27.6 Å². The van der Waals surface area contributed by atoms with Crippen molar-refractivity contribution in [3.8, 4) is 0 Å². The molecule has 0 bridgehead atoms. The van der Waals surface area contributed by atoms with E-state index in [9.17, 15) is 0 Å². The van der Waals surface area contributed by atoms with Crippen LogP contribution in [0.3, 0.4) is 0 Å². The molecular weight excluding hydrogens is 296 g/mol. The van der Waals surface area contributed by atoms with E-state index >= 15 is 0 Å². The van der Waals surface area contributed by atoms with Crippen molar-refractivity contribution in [2.75, 3.05) is 23.3 Å². The second-order valence-electron chi connectivity index (χ2n) is 4.56. The smallest absolute Gasteiger partial charge is 0.0489 e. The van der Waals surface area contributed by atoms with E-state index in [0.29, 0.717) is 0 Å². The summed E-state index contributed by atoms with van der Waals surface area (Å²) < 4.78 is 1.06. The molecule has 1 saturated heterocycles. The van der Waals surface area contributed by atoms with Crippen LogP contribution in [0.25, 0.3) is 0 Å². The fourth-order valence-corrected chi connectivity index (χ4v) is 3.76. The first-order valence-corrected chi connectivity index (χ1v) is 7.92. The van der Waals surface area contributed by atoms with Crippen LogP contribution >= 0.6 is 27.7 Å². The van der Waals surface area contributed by atoms with Crippen molar-refractivity contribution >= 4 is 39.1 Å². The SMILES string of the molecule is Cc1cc(NCC2CCCCS2)c(Br)cc1N. The molecule has 0 amide bonds. The Hall–Kier alpha value is -0.350. The van der Waals surface area contributed by atoms with Gasteiger partial charge in [-0.3, -0.25) is 0 Å². The van der Waals surface area contributed by atoms with Gasteiger partial charge in [-0.05, 0) is 59.1 Å². The third-order valence-electron chi connectivity index (χ3n) is 3.15. The van der Waals surface area contributed by atoms with Crippen molar-refractivity contribution in [3.05, 3.63) is 22.2 Å². The topological polar surface area (TPSA) is 38.0 Å². The molecular formula is C13H19BrN2S. The normalized spacial score (nSPS) is 20.2. The Labute approximate surface area is 116 Å². The lowest BCUT2D eigenvalue weighted by molar-refractivity contribution is 0.677. The first-order chi connectivity index (χ1) is 8.16. The zero-order valence-corrected chi connectivity index (χ0v) is 12.5. The maximum atomic E-state index is 5.87. The summed E-state index contributed by atoms with van der Waals surface area (Å²) in [6.45, 7) is 3.09. The van der Waals surface area contributed by atoms with Gasteiger partial charge in [-0.15, -0.1) is 0 Å². The number of anilines is 2. The van der Waals surface area contributed by atoms with Crippen LogP contribution in [0.1, 0.15) is 24.8 Å². The molecule has 1 fully saturated rings. The highest BCUT2D eigenvalue weighted by Crippen LogP contribution is 2.30. The molecule has 1 aromatic rings. The minimum Gasteiger partial charge on any atom is -0.398 e. The molecule has 2 nitrogen and oxygen atoms in total. The average Bonchev–Trinajstić information content (AvgIpc) is 2.33. The number of rotatable bonds is 3. The van der Waals surface area contributed by atoms with E-state index in [2.05, 4.69) is 39.1 Å². The first-order valence-electron chi connectivity index (χ1n) is 6.08. The third-order valence-corrected chi connectivity index (χ3v) is 5.20. The number of nitrogen functional groups attached to an aromatic ring is 1. The van der Waals surface area contributed by atoms with Gasteiger partial charge in [-0.2, -0.15) is 11.8 Å². The molecule has 3 N–H and O–H groups in total. The summed E-state index contributed by atoms with van der Waals surface area (Å²) in [6.07, 6.45) is 4.09. The molecule has 0 aromatic heterocycles. The lowest BCUT2D eigenvalue weighted by Gasteiger charge is -2.22. The highest BCUT2D eigenvalue weighted by molar-refractivity contribution is 9.10. The fraction of sp³-hybridized carbons (Fsp3) is 0.538. The lowest BCUT2D eigenvalue weighted by Crippen LogP contribution is -2.20. The Balaban J connectivity index is 1.96. The van der Waals surface area contributed by atoms with Gasteiger partial charge in [0.05, 0.1) is 0 Å². The van der Waals surface area contributed by atoms with Crippen LogP contribution in [0, 0.1) is 6.92 Å². The molecule has 0 aliphatic carbocycles. The number of thioether (sulfide) groups is 1. The minimum absolute atomic E-state index is 0.758. The van der Waals surface area contributed by atoms with E-state index in [0.717, 1.165) is 33.2 Å². The molecule has 4 heteroatoms. The number of nitrogens with one attached hydrogen (secondary N) is 1. The average molecular weight is 315 g/mol. The van der Waals surface area contributed by atoms with E-state index in [-0.39, 0.29) is 0 Å². The Morgan fingerprint density at radius 1 is 1.47 bits per heavy atom. The lowest BCUT2D eigenvalue weighted by atomic mass is 10.1. The zero-order chi connectivity index (χ0) is 12.3. The summed E-state index contributed by atoms with van der Waals surface area (Å²) in [4.78, 5) is 0. The summed E-state index contributed by atoms with van der Waals surface area (Å²) in [5.74, 6) is 1.31. The van der Waals surface area contributed by atoms with Crippen LogP contribution in [-0.4, -0.2) is 17.5 Å². The van der Waals surface area contributed by atoms with E-state index in [1.807, 2.05) is 13.0 Å². The summed E-state index contributed by atoms with van der Waals surface area (Å²) in [7, 11) is 0. The summed E-state index contributed by atoms with van der Waals surface area (Å²) in [5.41, 5.74) is 9.00. The maximum absolute atomic E-state index is 5.87. The molecule has 1 unspecified atom stereocenters. The van der Waals surface area contributed by atoms with Crippen molar-refractivity contribution in [3.63, 3.8) is 0 Å². The number of benzene rings is 1. The Morgan fingerprint density at radius 2 is 2.29 bits per heavy atom. The molecule has 1 heterocycles. The van der Waals surface area contributed by atoms with Crippen molar-refractivity contribution in [1.29, 1.82) is 0 Å². The monoisotopic (exact) mass is 314 g/mol. The van der Waals surface area contributed by atoms with E-state index in [4.69, 9.17) is 5.73 Å². The van der Waals surface area contributed by atoms with E-state index in [1.165, 1.54) is 25.0 Å².